The zero-order valence-electron chi connectivity index (χ0n) is 6.74. The van der Waals surface area contributed by atoms with Gasteiger partial charge in [0.05, 0.1) is 11.1 Å². The Bertz CT molecular complexity index is 318. The quantitative estimate of drug-likeness (QED) is 0.802. The van der Waals surface area contributed by atoms with Gasteiger partial charge >= 0.3 is 0 Å². The van der Waals surface area contributed by atoms with Crippen molar-refractivity contribution in [2.45, 2.75) is 6.10 Å². The summed E-state index contributed by atoms with van der Waals surface area (Å²) in [6.45, 7) is 0.293. The van der Waals surface area contributed by atoms with Gasteiger partial charge in [-0.2, -0.15) is 0 Å². The number of aliphatic hydroxyl groups excluding tert-OH is 1. The molecule has 1 atom stereocenters. The summed E-state index contributed by atoms with van der Waals surface area (Å²) in [6.07, 6.45) is 1.31. The van der Waals surface area contributed by atoms with Crippen LogP contribution in [0.25, 0.3) is 0 Å². The maximum Gasteiger partial charge on any atom is 0.258 e. The molecule has 0 saturated heterocycles. The van der Waals surface area contributed by atoms with E-state index in [1.165, 1.54) is 0 Å². The van der Waals surface area contributed by atoms with E-state index in [2.05, 4.69) is 20.9 Å². The molecule has 1 N–H and O–H groups in total. The second-order valence-corrected chi connectivity index (χ2v) is 3.51. The lowest BCUT2D eigenvalue weighted by Gasteiger charge is -2.24. The Morgan fingerprint density at radius 3 is 3.31 bits per heavy atom. The average molecular weight is 246 g/mol. The van der Waals surface area contributed by atoms with Gasteiger partial charge in [-0.1, -0.05) is 0 Å². The highest BCUT2D eigenvalue weighted by Gasteiger charge is 2.22. The molecule has 1 aromatic rings. The molecule has 0 spiro atoms. The monoisotopic (exact) mass is 245 g/mol. The lowest BCUT2D eigenvalue weighted by molar-refractivity contribution is 0.0406. The van der Waals surface area contributed by atoms with E-state index < -0.39 is 0 Å². The van der Waals surface area contributed by atoms with Gasteiger partial charge in [-0.25, -0.2) is 4.98 Å². The number of hydrogen-bond donors (Lipinski definition) is 1. The fourth-order valence-corrected chi connectivity index (χ4v) is 1.48. The van der Waals surface area contributed by atoms with E-state index in [9.17, 15) is 0 Å². The standard InChI is InChI=1S/C8H8BrNO3/c9-6-1-2-10-8-7(6)12-4-5(3-11)13-8/h1-2,5,11H,3-4H2. The molecule has 0 aliphatic carbocycles. The van der Waals surface area contributed by atoms with Crippen molar-refractivity contribution >= 4 is 15.9 Å². The van der Waals surface area contributed by atoms with Crippen molar-refractivity contribution in [1.29, 1.82) is 0 Å². The van der Waals surface area contributed by atoms with Gasteiger partial charge in [0, 0.05) is 6.20 Å². The van der Waals surface area contributed by atoms with Crippen molar-refractivity contribution in [3.63, 3.8) is 0 Å². The van der Waals surface area contributed by atoms with Crippen molar-refractivity contribution in [3.8, 4) is 11.6 Å². The van der Waals surface area contributed by atoms with Gasteiger partial charge in [0.15, 0.2) is 11.9 Å². The number of nitrogens with zero attached hydrogens (tertiary/aromatic N) is 1. The Morgan fingerprint density at radius 2 is 2.54 bits per heavy atom. The van der Waals surface area contributed by atoms with E-state index in [-0.39, 0.29) is 12.7 Å². The van der Waals surface area contributed by atoms with Crippen molar-refractivity contribution in [3.05, 3.63) is 16.7 Å². The molecule has 0 saturated carbocycles. The fourth-order valence-electron chi connectivity index (χ4n) is 1.08. The normalized spacial score (nSPS) is 20.0. The third kappa shape index (κ3) is 1.62. The molecule has 2 heterocycles. The van der Waals surface area contributed by atoms with Crippen molar-refractivity contribution in [2.24, 2.45) is 0 Å². The molecule has 4 nitrogen and oxygen atoms in total. The summed E-state index contributed by atoms with van der Waals surface area (Å²) in [5.41, 5.74) is 0. The topological polar surface area (TPSA) is 51.6 Å². The molecule has 0 amide bonds. The minimum absolute atomic E-state index is 0.0619. The number of pyridine rings is 1. The lowest BCUT2D eigenvalue weighted by atomic mass is 10.3. The first-order valence-electron chi connectivity index (χ1n) is 3.86. The van der Waals surface area contributed by atoms with E-state index in [1.54, 1.807) is 12.3 Å². The van der Waals surface area contributed by atoms with Crippen LogP contribution in [0.2, 0.25) is 0 Å². The predicted octanol–water partition coefficient (Wildman–Crippen LogP) is 0.976. The van der Waals surface area contributed by atoms with E-state index >= 15 is 0 Å². The van der Waals surface area contributed by atoms with Gasteiger partial charge in [-0.05, 0) is 22.0 Å². The lowest BCUT2D eigenvalue weighted by Crippen LogP contribution is -2.32. The molecule has 1 unspecified atom stereocenters. The molecule has 1 aromatic heterocycles. The van der Waals surface area contributed by atoms with Crippen LogP contribution >= 0.6 is 15.9 Å². The van der Waals surface area contributed by atoms with Crippen molar-refractivity contribution in [2.75, 3.05) is 13.2 Å². The third-order valence-electron chi connectivity index (χ3n) is 1.72. The highest BCUT2D eigenvalue weighted by molar-refractivity contribution is 9.10. The first kappa shape index (κ1) is 8.77. The molecule has 0 bridgehead atoms. The molecule has 0 aromatic carbocycles. The molecule has 13 heavy (non-hydrogen) atoms. The molecule has 1 aliphatic rings. The highest BCUT2D eigenvalue weighted by atomic mass is 79.9. The molecule has 2 rings (SSSR count). The van der Waals surface area contributed by atoms with Gasteiger partial charge in [0.2, 0.25) is 0 Å². The fraction of sp³-hybridized carbons (Fsp3) is 0.375. The predicted molar refractivity (Wildman–Crippen MR) is 48.9 cm³/mol. The van der Waals surface area contributed by atoms with Crippen molar-refractivity contribution < 1.29 is 14.6 Å². The molecule has 0 radical (unpaired) electrons. The van der Waals surface area contributed by atoms with Gasteiger partial charge in [0.1, 0.15) is 6.61 Å². The van der Waals surface area contributed by atoms with Crippen molar-refractivity contribution in [1.82, 2.24) is 4.98 Å². The molecule has 70 valence electrons. The highest BCUT2D eigenvalue weighted by Crippen LogP contribution is 2.35. The van der Waals surface area contributed by atoms with Gasteiger partial charge in [-0.3, -0.25) is 0 Å². The number of halogens is 1. The van der Waals surface area contributed by atoms with Crippen LogP contribution in [0.1, 0.15) is 0 Å². The zero-order chi connectivity index (χ0) is 9.26. The maximum atomic E-state index is 8.84. The summed E-state index contributed by atoms with van der Waals surface area (Å²) in [7, 11) is 0. The van der Waals surface area contributed by atoms with E-state index in [1.807, 2.05) is 0 Å². The molecule has 5 heteroatoms. The Labute approximate surface area is 83.6 Å². The Morgan fingerprint density at radius 1 is 1.69 bits per heavy atom. The summed E-state index contributed by atoms with van der Waals surface area (Å²) in [5.74, 6) is 1.03. The van der Waals surface area contributed by atoms with Crippen LogP contribution in [-0.4, -0.2) is 29.4 Å². The average Bonchev–Trinajstić information content (AvgIpc) is 2.18. The minimum atomic E-state index is -0.311. The summed E-state index contributed by atoms with van der Waals surface area (Å²) in [4.78, 5) is 3.99. The van der Waals surface area contributed by atoms with Gasteiger partial charge in [0.25, 0.3) is 5.88 Å². The largest absolute Gasteiger partial charge is 0.483 e. The number of hydrogen-bond acceptors (Lipinski definition) is 4. The third-order valence-corrected chi connectivity index (χ3v) is 2.34. The van der Waals surface area contributed by atoms with Gasteiger partial charge in [-0.15, -0.1) is 0 Å². The molecular weight excluding hydrogens is 238 g/mol. The molecule has 0 fully saturated rings. The number of rotatable bonds is 1. The zero-order valence-corrected chi connectivity index (χ0v) is 8.32. The van der Waals surface area contributed by atoms with Crippen LogP contribution in [0, 0.1) is 0 Å². The molecular formula is C8H8BrNO3. The van der Waals surface area contributed by atoms with E-state index in [0.29, 0.717) is 18.2 Å². The first-order valence-corrected chi connectivity index (χ1v) is 4.65. The minimum Gasteiger partial charge on any atom is -0.483 e. The Kier molecular flexibility index (Phi) is 2.37. The van der Waals surface area contributed by atoms with Crippen LogP contribution < -0.4 is 9.47 Å². The number of fused-ring (bicyclic) bond motifs is 1. The van der Waals surface area contributed by atoms with E-state index in [0.717, 1.165) is 4.47 Å². The summed E-state index contributed by atoms with van der Waals surface area (Å²) < 4.78 is 11.5. The summed E-state index contributed by atoms with van der Waals surface area (Å²) in [6, 6.07) is 1.78. The Hall–Kier alpha value is -0.810. The SMILES string of the molecule is OCC1COc2c(Br)ccnc2O1. The smallest absolute Gasteiger partial charge is 0.258 e. The molecule has 1 aliphatic heterocycles. The second-order valence-electron chi connectivity index (χ2n) is 2.66. The second kappa shape index (κ2) is 3.51. The summed E-state index contributed by atoms with van der Waals surface area (Å²) >= 11 is 3.32. The number of ether oxygens (including phenoxy) is 2. The van der Waals surface area contributed by atoms with Crippen LogP contribution in [0.15, 0.2) is 16.7 Å². The Balaban J connectivity index is 2.31. The maximum absolute atomic E-state index is 8.84. The first-order chi connectivity index (χ1) is 6.31. The van der Waals surface area contributed by atoms with Crippen LogP contribution in [0.5, 0.6) is 11.6 Å². The van der Waals surface area contributed by atoms with Gasteiger partial charge < -0.3 is 14.6 Å². The number of aromatic nitrogens is 1. The number of aliphatic hydroxyl groups is 1. The van der Waals surface area contributed by atoms with Crippen LogP contribution in [0.4, 0.5) is 0 Å². The van der Waals surface area contributed by atoms with E-state index in [4.69, 9.17) is 14.6 Å². The summed E-state index contributed by atoms with van der Waals surface area (Å²) in [5, 5.41) is 8.84. The van der Waals surface area contributed by atoms with Crippen LogP contribution in [0.3, 0.4) is 0 Å². The van der Waals surface area contributed by atoms with Crippen LogP contribution in [-0.2, 0) is 0 Å².